The third-order valence-electron chi connectivity index (χ3n) is 1.79. The van der Waals surface area contributed by atoms with Gasteiger partial charge in [0, 0.05) is 0 Å². The van der Waals surface area contributed by atoms with Crippen LogP contribution in [0.5, 0.6) is 0 Å². The van der Waals surface area contributed by atoms with Crippen LogP contribution in [0.3, 0.4) is 0 Å². The van der Waals surface area contributed by atoms with Gasteiger partial charge in [-0.05, 0) is 0 Å². The number of hydrogen-bond acceptors (Lipinski definition) is 3. The minimum absolute atomic E-state index is 0.388. The van der Waals surface area contributed by atoms with Gasteiger partial charge in [-0.25, -0.2) is 0 Å². The molecule has 76 valence electrons. The number of carbonyl (C=O) groups excluding carboxylic acids is 2. The van der Waals surface area contributed by atoms with Crippen LogP contribution >= 0.6 is 18.4 Å². The zero-order valence-electron chi connectivity index (χ0n) is 7.99. The molecule has 0 spiro atoms. The van der Waals surface area contributed by atoms with Crippen molar-refractivity contribution in [2.24, 2.45) is 0 Å². The molecule has 0 radical (unpaired) electrons. The second kappa shape index (κ2) is 4.08. The van der Waals surface area contributed by atoms with Crippen molar-refractivity contribution in [3.05, 3.63) is 33.9 Å². The van der Waals surface area contributed by atoms with Crippen molar-refractivity contribution in [3.63, 3.8) is 0 Å². The summed E-state index contributed by atoms with van der Waals surface area (Å²) < 4.78 is 11.6. The average molecular weight is 306 g/mol. The van der Waals surface area contributed by atoms with Crippen molar-refractivity contribution >= 4 is 26.0 Å². The van der Waals surface area contributed by atoms with E-state index in [0.29, 0.717) is 3.57 Å². The number of hydrogen-bond donors (Lipinski definition) is 0. The Hall–Kier alpha value is -0.910. The number of benzene rings is 1. The van der Waals surface area contributed by atoms with Gasteiger partial charge in [0.2, 0.25) is 0 Å². The van der Waals surface area contributed by atoms with Crippen molar-refractivity contribution in [2.75, 3.05) is 0 Å². The van der Waals surface area contributed by atoms with Gasteiger partial charge in [0.1, 0.15) is 0 Å². The van der Waals surface area contributed by atoms with Crippen LogP contribution in [0.4, 0.5) is 0 Å². The van der Waals surface area contributed by atoms with Crippen LogP contribution in [0.25, 0.3) is 0 Å². The Labute approximate surface area is 86.4 Å². The topological polar surface area (TPSA) is 51.2 Å². The van der Waals surface area contributed by atoms with E-state index in [1.165, 1.54) is 13.8 Å². The molecule has 0 atom stereocenters. The second-order valence-corrected chi connectivity index (χ2v) is 9.97. The molecule has 0 aromatic heterocycles. The molecule has 0 heterocycles. The van der Waals surface area contributed by atoms with Gasteiger partial charge in [-0.3, -0.25) is 0 Å². The van der Waals surface area contributed by atoms with Gasteiger partial charge in [0.05, 0.1) is 0 Å². The van der Waals surface area contributed by atoms with E-state index in [1.807, 2.05) is 0 Å². The maximum absolute atomic E-state index is 12.2. The summed E-state index contributed by atoms with van der Waals surface area (Å²) in [4.78, 5) is 22.5. The summed E-state index contributed by atoms with van der Waals surface area (Å²) in [7, 11) is 0. The van der Waals surface area contributed by atoms with Crippen LogP contribution in [0, 0.1) is 3.57 Å². The molecule has 0 saturated heterocycles. The van der Waals surface area contributed by atoms with Crippen LogP contribution < -0.4 is 0 Å². The van der Waals surface area contributed by atoms with Crippen LogP contribution in [0.2, 0.25) is 0 Å². The molecule has 0 aliphatic rings. The van der Waals surface area contributed by atoms with E-state index in [-0.39, 0.29) is 0 Å². The SMILES string of the molecule is CC(=O)I(=O)(C(C)=O)c1ccccc1. The molecule has 1 aromatic rings. The van der Waals surface area contributed by atoms with Gasteiger partial charge in [0.25, 0.3) is 0 Å². The number of halogens is 1. The molecule has 0 unspecified atom stereocenters. The van der Waals surface area contributed by atoms with Gasteiger partial charge in [-0.15, -0.1) is 0 Å². The molecule has 0 aliphatic carbocycles. The van der Waals surface area contributed by atoms with Crippen LogP contribution in [0.15, 0.2) is 30.3 Å². The summed E-state index contributed by atoms with van der Waals surface area (Å²) in [5, 5.41) is 0. The van der Waals surface area contributed by atoms with E-state index in [1.54, 1.807) is 30.3 Å². The minimum atomic E-state index is -4.27. The fraction of sp³-hybridized carbons (Fsp3) is 0.200. The molecule has 0 N–H and O–H groups in total. The summed E-state index contributed by atoms with van der Waals surface area (Å²) in [6.07, 6.45) is 0. The number of carbonyl (C=O) groups is 2. The Bertz CT molecular complexity index is 391. The van der Waals surface area contributed by atoms with E-state index in [0.717, 1.165) is 0 Å². The fourth-order valence-corrected chi connectivity index (χ4v) is 5.34. The zero-order chi connectivity index (χ0) is 10.8. The fourth-order valence-electron chi connectivity index (χ4n) is 1.09. The Morgan fingerprint density at radius 2 is 1.43 bits per heavy atom. The third kappa shape index (κ3) is 1.79. The summed E-state index contributed by atoms with van der Waals surface area (Å²) in [6.45, 7) is 2.44. The van der Waals surface area contributed by atoms with Crippen molar-refractivity contribution in [1.82, 2.24) is 0 Å². The Balaban J connectivity index is 3.35. The summed E-state index contributed by atoms with van der Waals surface area (Å²) in [5.74, 6) is 0. The van der Waals surface area contributed by atoms with Gasteiger partial charge < -0.3 is 0 Å². The van der Waals surface area contributed by atoms with Crippen molar-refractivity contribution in [2.45, 2.75) is 13.8 Å². The molecule has 1 rings (SSSR count). The van der Waals surface area contributed by atoms with Crippen LogP contribution in [-0.4, -0.2) is 7.58 Å². The molecule has 0 amide bonds. The molecule has 0 aliphatic heterocycles. The molecule has 14 heavy (non-hydrogen) atoms. The predicted molar refractivity (Wildman–Crippen MR) is 61.2 cm³/mol. The van der Waals surface area contributed by atoms with Crippen molar-refractivity contribution < 1.29 is 12.7 Å². The van der Waals surface area contributed by atoms with Gasteiger partial charge in [0.15, 0.2) is 0 Å². The van der Waals surface area contributed by atoms with Crippen molar-refractivity contribution in [3.8, 4) is 0 Å². The normalized spacial score (nSPS) is 12.1. The Morgan fingerprint density at radius 3 is 1.79 bits per heavy atom. The molecule has 4 heteroatoms. The maximum atomic E-state index is 12.2. The monoisotopic (exact) mass is 306 g/mol. The van der Waals surface area contributed by atoms with E-state index < -0.39 is 26.0 Å². The second-order valence-electron chi connectivity index (χ2n) is 2.75. The summed E-state index contributed by atoms with van der Waals surface area (Å²) >= 11 is -4.27. The molecule has 0 saturated carbocycles. The van der Waals surface area contributed by atoms with E-state index in [4.69, 9.17) is 0 Å². The first-order valence-electron chi connectivity index (χ1n) is 4.04. The van der Waals surface area contributed by atoms with Gasteiger partial charge >= 0.3 is 86.4 Å². The molecular weight excluding hydrogens is 295 g/mol. The summed E-state index contributed by atoms with van der Waals surface area (Å²) in [6, 6.07) is 8.26. The number of rotatable bonds is 3. The molecular formula is C10H11IO3. The Kier molecular flexibility index (Phi) is 3.25. The molecule has 1 aromatic carbocycles. The van der Waals surface area contributed by atoms with Crippen molar-refractivity contribution in [1.29, 1.82) is 0 Å². The third-order valence-corrected chi connectivity index (χ3v) is 8.54. The predicted octanol–water partition coefficient (Wildman–Crippen LogP) is 2.34. The van der Waals surface area contributed by atoms with E-state index in [9.17, 15) is 12.7 Å². The molecule has 3 nitrogen and oxygen atoms in total. The zero-order valence-corrected chi connectivity index (χ0v) is 10.1. The first-order chi connectivity index (χ1) is 6.49. The quantitative estimate of drug-likeness (QED) is 0.636. The molecule has 0 fully saturated rings. The molecule has 0 bridgehead atoms. The first kappa shape index (κ1) is 11.2. The van der Waals surface area contributed by atoms with E-state index >= 15 is 0 Å². The van der Waals surface area contributed by atoms with Gasteiger partial charge in [-0.1, -0.05) is 0 Å². The Morgan fingerprint density at radius 1 is 1.00 bits per heavy atom. The standard InChI is InChI=1S/C10H11IO3/c1-8(12)11(14,9(2)13)10-6-4-3-5-7-10/h3-7H,1-2H3. The summed E-state index contributed by atoms with van der Waals surface area (Å²) in [5.41, 5.74) is 0. The average Bonchev–Trinajstić information content (AvgIpc) is 2.17. The van der Waals surface area contributed by atoms with Gasteiger partial charge in [-0.2, -0.15) is 0 Å². The first-order valence-corrected chi connectivity index (χ1v) is 8.16. The van der Waals surface area contributed by atoms with Crippen LogP contribution in [-0.2, 0) is 12.7 Å². The van der Waals surface area contributed by atoms with E-state index in [2.05, 4.69) is 0 Å². The van der Waals surface area contributed by atoms with Crippen LogP contribution in [0.1, 0.15) is 13.8 Å².